The SMILES string of the molecule is CCCCOc1cccc(CN=C(NCC)NC(C)COC)c1. The van der Waals surface area contributed by atoms with Crippen molar-refractivity contribution in [2.24, 2.45) is 4.99 Å². The van der Waals surface area contributed by atoms with E-state index in [2.05, 4.69) is 48.5 Å². The van der Waals surface area contributed by atoms with E-state index in [0.29, 0.717) is 13.2 Å². The van der Waals surface area contributed by atoms with Gasteiger partial charge in [0.1, 0.15) is 5.75 Å². The standard InChI is InChI=1S/C18H31N3O2/c1-5-7-11-23-17-10-8-9-16(12-17)13-20-18(19-6-2)21-15(3)14-22-4/h8-10,12,15H,5-7,11,13-14H2,1-4H3,(H2,19,20,21). The molecular weight excluding hydrogens is 290 g/mol. The molecule has 2 N–H and O–H groups in total. The normalized spacial score (nSPS) is 12.8. The lowest BCUT2D eigenvalue weighted by Crippen LogP contribution is -2.43. The van der Waals surface area contributed by atoms with Crippen LogP contribution in [0.4, 0.5) is 0 Å². The van der Waals surface area contributed by atoms with E-state index >= 15 is 0 Å². The van der Waals surface area contributed by atoms with Crippen molar-refractivity contribution < 1.29 is 9.47 Å². The first-order valence-corrected chi connectivity index (χ1v) is 8.45. The van der Waals surface area contributed by atoms with Gasteiger partial charge in [-0.2, -0.15) is 0 Å². The maximum Gasteiger partial charge on any atom is 0.191 e. The third-order valence-corrected chi connectivity index (χ3v) is 3.23. The van der Waals surface area contributed by atoms with E-state index in [1.165, 1.54) is 0 Å². The number of rotatable bonds is 10. The maximum atomic E-state index is 5.74. The van der Waals surface area contributed by atoms with Gasteiger partial charge in [-0.25, -0.2) is 4.99 Å². The number of benzene rings is 1. The number of nitrogens with one attached hydrogen (secondary N) is 2. The van der Waals surface area contributed by atoms with Crippen molar-refractivity contribution >= 4 is 5.96 Å². The predicted octanol–water partition coefficient (Wildman–Crippen LogP) is 2.96. The van der Waals surface area contributed by atoms with Crippen molar-refractivity contribution in [2.45, 2.75) is 46.2 Å². The van der Waals surface area contributed by atoms with Gasteiger partial charge in [0.05, 0.1) is 19.8 Å². The Hall–Kier alpha value is -1.75. The summed E-state index contributed by atoms with van der Waals surface area (Å²) >= 11 is 0. The fourth-order valence-electron chi connectivity index (χ4n) is 2.08. The van der Waals surface area contributed by atoms with Gasteiger partial charge in [-0.05, 0) is 38.0 Å². The Morgan fingerprint density at radius 1 is 1.30 bits per heavy atom. The molecule has 0 aliphatic carbocycles. The van der Waals surface area contributed by atoms with Gasteiger partial charge >= 0.3 is 0 Å². The van der Waals surface area contributed by atoms with E-state index in [1.54, 1.807) is 7.11 Å². The Kier molecular flexibility index (Phi) is 9.87. The van der Waals surface area contributed by atoms with E-state index in [4.69, 9.17) is 9.47 Å². The number of unbranched alkanes of at least 4 members (excludes halogenated alkanes) is 1. The Balaban J connectivity index is 2.61. The molecule has 0 aliphatic rings. The van der Waals surface area contributed by atoms with Crippen LogP contribution in [0.25, 0.3) is 0 Å². The van der Waals surface area contributed by atoms with Crippen molar-refractivity contribution in [3.05, 3.63) is 29.8 Å². The Bertz CT molecular complexity index is 463. The van der Waals surface area contributed by atoms with Crippen LogP contribution in [0.15, 0.2) is 29.3 Å². The van der Waals surface area contributed by atoms with Crippen molar-refractivity contribution in [2.75, 3.05) is 26.9 Å². The minimum atomic E-state index is 0.210. The van der Waals surface area contributed by atoms with E-state index in [9.17, 15) is 0 Å². The van der Waals surface area contributed by atoms with Gasteiger partial charge in [-0.3, -0.25) is 0 Å². The molecule has 0 fully saturated rings. The Morgan fingerprint density at radius 3 is 2.83 bits per heavy atom. The Morgan fingerprint density at radius 2 is 2.13 bits per heavy atom. The van der Waals surface area contributed by atoms with E-state index in [1.807, 2.05) is 12.1 Å². The molecule has 1 unspecified atom stereocenters. The van der Waals surface area contributed by atoms with Gasteiger partial charge in [0.15, 0.2) is 5.96 Å². The number of nitrogens with zero attached hydrogens (tertiary/aromatic N) is 1. The highest BCUT2D eigenvalue weighted by atomic mass is 16.5. The summed E-state index contributed by atoms with van der Waals surface area (Å²) in [4.78, 5) is 4.63. The third kappa shape index (κ3) is 8.45. The van der Waals surface area contributed by atoms with Crippen LogP contribution >= 0.6 is 0 Å². The zero-order valence-corrected chi connectivity index (χ0v) is 14.9. The highest BCUT2D eigenvalue weighted by Gasteiger charge is 2.04. The largest absolute Gasteiger partial charge is 0.494 e. The molecule has 1 aromatic rings. The Labute approximate surface area is 140 Å². The lowest BCUT2D eigenvalue weighted by Gasteiger charge is -2.17. The summed E-state index contributed by atoms with van der Waals surface area (Å²) < 4.78 is 10.9. The lowest BCUT2D eigenvalue weighted by atomic mass is 10.2. The molecule has 0 bridgehead atoms. The second kappa shape index (κ2) is 11.8. The number of hydrogen-bond acceptors (Lipinski definition) is 3. The lowest BCUT2D eigenvalue weighted by molar-refractivity contribution is 0.179. The molecular formula is C18H31N3O2. The third-order valence-electron chi connectivity index (χ3n) is 3.23. The van der Waals surface area contributed by atoms with E-state index < -0.39 is 0 Å². The monoisotopic (exact) mass is 321 g/mol. The van der Waals surface area contributed by atoms with Crippen LogP contribution in [0.3, 0.4) is 0 Å². The summed E-state index contributed by atoms with van der Waals surface area (Å²) in [5.74, 6) is 1.71. The van der Waals surface area contributed by atoms with Crippen LogP contribution in [-0.4, -0.2) is 38.9 Å². The molecule has 0 saturated heterocycles. The topological polar surface area (TPSA) is 54.9 Å². The van der Waals surface area contributed by atoms with Crippen LogP contribution in [0, 0.1) is 0 Å². The first-order chi connectivity index (χ1) is 11.2. The number of aliphatic imine (C=N–C) groups is 1. The summed E-state index contributed by atoms with van der Waals surface area (Å²) in [6, 6.07) is 8.34. The molecule has 0 aliphatic heterocycles. The van der Waals surface area contributed by atoms with Crippen molar-refractivity contribution in [1.82, 2.24) is 10.6 Å². The van der Waals surface area contributed by atoms with E-state index in [-0.39, 0.29) is 6.04 Å². The van der Waals surface area contributed by atoms with Gasteiger partial charge in [0.2, 0.25) is 0 Å². The van der Waals surface area contributed by atoms with Crippen molar-refractivity contribution in [3.63, 3.8) is 0 Å². The fraction of sp³-hybridized carbons (Fsp3) is 0.611. The zero-order chi connectivity index (χ0) is 16.9. The summed E-state index contributed by atoms with van der Waals surface area (Å²) in [6.07, 6.45) is 2.22. The van der Waals surface area contributed by atoms with Crippen LogP contribution in [-0.2, 0) is 11.3 Å². The van der Waals surface area contributed by atoms with Gasteiger partial charge in [0, 0.05) is 19.7 Å². The molecule has 23 heavy (non-hydrogen) atoms. The molecule has 1 rings (SSSR count). The molecule has 130 valence electrons. The smallest absolute Gasteiger partial charge is 0.191 e. The molecule has 0 saturated carbocycles. The first-order valence-electron chi connectivity index (χ1n) is 8.45. The van der Waals surface area contributed by atoms with Gasteiger partial charge in [-0.15, -0.1) is 0 Å². The average molecular weight is 321 g/mol. The number of methoxy groups -OCH3 is 1. The van der Waals surface area contributed by atoms with Crippen molar-refractivity contribution in [3.8, 4) is 5.75 Å². The highest BCUT2D eigenvalue weighted by Crippen LogP contribution is 2.14. The second-order valence-corrected chi connectivity index (χ2v) is 5.55. The first kappa shape index (κ1) is 19.3. The molecule has 0 heterocycles. The molecule has 0 aromatic heterocycles. The van der Waals surface area contributed by atoms with Gasteiger partial charge < -0.3 is 20.1 Å². The van der Waals surface area contributed by atoms with Crippen LogP contribution in [0.2, 0.25) is 0 Å². The summed E-state index contributed by atoms with van der Waals surface area (Å²) in [6.45, 7) is 9.13. The molecule has 0 amide bonds. The maximum absolute atomic E-state index is 5.74. The van der Waals surface area contributed by atoms with E-state index in [0.717, 1.165) is 43.3 Å². The van der Waals surface area contributed by atoms with Crippen LogP contribution in [0.1, 0.15) is 39.2 Å². The molecule has 5 nitrogen and oxygen atoms in total. The fourth-order valence-corrected chi connectivity index (χ4v) is 2.08. The average Bonchev–Trinajstić information content (AvgIpc) is 2.54. The van der Waals surface area contributed by atoms with Gasteiger partial charge in [0.25, 0.3) is 0 Å². The predicted molar refractivity (Wildman–Crippen MR) is 96.1 cm³/mol. The van der Waals surface area contributed by atoms with Crippen LogP contribution < -0.4 is 15.4 Å². The number of guanidine groups is 1. The summed E-state index contributed by atoms with van der Waals surface area (Å²) in [7, 11) is 1.70. The summed E-state index contributed by atoms with van der Waals surface area (Å²) in [5.41, 5.74) is 1.13. The van der Waals surface area contributed by atoms with Crippen molar-refractivity contribution in [1.29, 1.82) is 0 Å². The molecule has 5 heteroatoms. The molecule has 0 radical (unpaired) electrons. The molecule has 1 atom stereocenters. The summed E-state index contributed by atoms with van der Waals surface area (Å²) in [5, 5.41) is 6.58. The zero-order valence-electron chi connectivity index (χ0n) is 14.9. The minimum Gasteiger partial charge on any atom is -0.494 e. The minimum absolute atomic E-state index is 0.210. The molecule has 0 spiro atoms. The van der Waals surface area contributed by atoms with Gasteiger partial charge in [-0.1, -0.05) is 25.5 Å². The second-order valence-electron chi connectivity index (χ2n) is 5.55. The van der Waals surface area contributed by atoms with Crippen LogP contribution in [0.5, 0.6) is 5.75 Å². The highest BCUT2D eigenvalue weighted by molar-refractivity contribution is 5.80. The number of ether oxygens (including phenoxy) is 2. The quantitative estimate of drug-likeness (QED) is 0.395. The molecule has 1 aromatic carbocycles. The number of hydrogen-bond donors (Lipinski definition) is 2.